The van der Waals surface area contributed by atoms with Crippen LogP contribution in [0.3, 0.4) is 0 Å². The molecule has 0 fully saturated rings. The summed E-state index contributed by atoms with van der Waals surface area (Å²) in [5, 5.41) is 3.96. The topological polar surface area (TPSA) is 90.0 Å². The van der Waals surface area contributed by atoms with Crippen LogP contribution in [0, 0.1) is 6.92 Å². The summed E-state index contributed by atoms with van der Waals surface area (Å²) in [5.74, 6) is 0.450. The van der Waals surface area contributed by atoms with Crippen LogP contribution < -0.4 is 10.5 Å². The van der Waals surface area contributed by atoms with E-state index < -0.39 is 10.0 Å². The lowest BCUT2D eigenvalue weighted by atomic mass is 10.3. The highest BCUT2D eigenvalue weighted by atomic mass is 79.9. The lowest BCUT2D eigenvalue weighted by molar-refractivity contribution is 0.581. The van der Waals surface area contributed by atoms with Crippen LogP contribution in [0.2, 0.25) is 0 Å². The van der Waals surface area contributed by atoms with Gasteiger partial charge in [-0.05, 0) is 28.9 Å². The summed E-state index contributed by atoms with van der Waals surface area (Å²) in [6.07, 6.45) is 1.55. The molecule has 2 rings (SSSR count). The van der Waals surface area contributed by atoms with E-state index in [0.29, 0.717) is 11.4 Å². The molecule has 0 atom stereocenters. The summed E-state index contributed by atoms with van der Waals surface area (Å²) >= 11 is 4.66. The standard InChI is InChI=1S/C10H13BrN4O2S2/c1-6-8(3-9(11)18-6)19(16,17)14-5-7-4-13-15(2)10(7)12/h3-4,14H,5,12H2,1-2H3. The molecule has 104 valence electrons. The minimum atomic E-state index is -3.54. The third-order valence-corrected chi connectivity index (χ3v) is 5.86. The first-order valence-corrected chi connectivity index (χ1v) is 8.42. The number of sulfonamides is 1. The largest absolute Gasteiger partial charge is 0.384 e. The van der Waals surface area contributed by atoms with Crippen molar-refractivity contribution in [1.29, 1.82) is 0 Å². The summed E-state index contributed by atoms with van der Waals surface area (Å²) < 4.78 is 29.1. The maximum Gasteiger partial charge on any atom is 0.242 e. The van der Waals surface area contributed by atoms with Crippen LogP contribution in [0.5, 0.6) is 0 Å². The normalized spacial score (nSPS) is 11.9. The molecular weight excluding hydrogens is 352 g/mol. The van der Waals surface area contributed by atoms with Crippen LogP contribution in [0.15, 0.2) is 20.9 Å². The van der Waals surface area contributed by atoms with Crippen LogP contribution in [-0.4, -0.2) is 18.2 Å². The molecule has 2 aromatic rings. The molecule has 19 heavy (non-hydrogen) atoms. The summed E-state index contributed by atoms with van der Waals surface area (Å²) in [6, 6.07) is 1.59. The maximum atomic E-state index is 12.2. The van der Waals surface area contributed by atoms with E-state index in [1.54, 1.807) is 26.2 Å². The first-order chi connectivity index (χ1) is 8.81. The molecule has 0 aliphatic heterocycles. The van der Waals surface area contributed by atoms with Crippen molar-refractivity contribution in [3.05, 3.63) is 26.5 Å². The lowest BCUT2D eigenvalue weighted by Gasteiger charge is -2.05. The minimum Gasteiger partial charge on any atom is -0.384 e. The second-order valence-corrected chi connectivity index (χ2v) is 8.35. The quantitative estimate of drug-likeness (QED) is 0.862. The van der Waals surface area contributed by atoms with Crippen LogP contribution in [0.4, 0.5) is 5.82 Å². The zero-order chi connectivity index (χ0) is 14.2. The molecule has 0 saturated carbocycles. The molecule has 3 N–H and O–H groups in total. The van der Waals surface area contributed by atoms with Gasteiger partial charge in [-0.15, -0.1) is 11.3 Å². The molecule has 0 unspecified atom stereocenters. The van der Waals surface area contributed by atoms with E-state index in [1.807, 2.05) is 0 Å². The van der Waals surface area contributed by atoms with E-state index >= 15 is 0 Å². The van der Waals surface area contributed by atoms with Gasteiger partial charge in [-0.2, -0.15) is 5.10 Å². The molecule has 0 saturated heterocycles. The molecule has 0 aromatic carbocycles. The van der Waals surface area contributed by atoms with Gasteiger partial charge in [-0.25, -0.2) is 13.1 Å². The van der Waals surface area contributed by atoms with E-state index in [9.17, 15) is 8.42 Å². The molecule has 6 nitrogen and oxygen atoms in total. The van der Waals surface area contributed by atoms with Crippen molar-refractivity contribution in [2.24, 2.45) is 7.05 Å². The Morgan fingerprint density at radius 3 is 2.74 bits per heavy atom. The Morgan fingerprint density at radius 2 is 2.26 bits per heavy atom. The van der Waals surface area contributed by atoms with Crippen molar-refractivity contribution >= 4 is 43.1 Å². The van der Waals surface area contributed by atoms with Crippen molar-refractivity contribution in [2.75, 3.05) is 5.73 Å². The monoisotopic (exact) mass is 364 g/mol. The number of hydrogen-bond acceptors (Lipinski definition) is 5. The van der Waals surface area contributed by atoms with Gasteiger partial charge in [0.2, 0.25) is 10.0 Å². The molecule has 2 heterocycles. The Bertz CT molecular complexity index is 705. The fourth-order valence-corrected chi connectivity index (χ4v) is 5.00. The number of anilines is 1. The number of nitrogens with one attached hydrogen (secondary N) is 1. The molecule has 0 radical (unpaired) electrons. The first kappa shape index (κ1) is 14.5. The lowest BCUT2D eigenvalue weighted by Crippen LogP contribution is -2.23. The number of hydrogen-bond donors (Lipinski definition) is 2. The number of nitrogens with two attached hydrogens (primary N) is 1. The van der Waals surface area contributed by atoms with E-state index in [-0.39, 0.29) is 11.4 Å². The number of nitrogens with zero attached hydrogens (tertiary/aromatic N) is 2. The second kappa shape index (κ2) is 5.23. The van der Waals surface area contributed by atoms with Gasteiger partial charge in [0.15, 0.2) is 0 Å². The summed E-state index contributed by atoms with van der Waals surface area (Å²) in [4.78, 5) is 1.02. The van der Waals surface area contributed by atoms with Crippen molar-refractivity contribution < 1.29 is 8.42 Å². The second-order valence-electron chi connectivity index (χ2n) is 3.97. The fraction of sp³-hybridized carbons (Fsp3) is 0.300. The van der Waals surface area contributed by atoms with Crippen molar-refractivity contribution in [3.63, 3.8) is 0 Å². The molecule has 0 bridgehead atoms. The van der Waals surface area contributed by atoms with Crippen LogP contribution in [-0.2, 0) is 23.6 Å². The molecule has 0 aliphatic rings. The van der Waals surface area contributed by atoms with Crippen LogP contribution in [0.1, 0.15) is 10.4 Å². The van der Waals surface area contributed by atoms with E-state index in [2.05, 4.69) is 25.8 Å². The highest BCUT2D eigenvalue weighted by Gasteiger charge is 2.20. The number of halogens is 1. The number of nitrogen functional groups attached to an aromatic ring is 1. The molecular formula is C10H13BrN4O2S2. The van der Waals surface area contributed by atoms with Crippen molar-refractivity contribution in [3.8, 4) is 0 Å². The van der Waals surface area contributed by atoms with Gasteiger partial charge >= 0.3 is 0 Å². The smallest absolute Gasteiger partial charge is 0.242 e. The average molecular weight is 365 g/mol. The van der Waals surface area contributed by atoms with Crippen LogP contribution in [0.25, 0.3) is 0 Å². The highest BCUT2D eigenvalue weighted by molar-refractivity contribution is 9.11. The molecule has 0 spiro atoms. The summed E-state index contributed by atoms with van der Waals surface area (Å²) in [5.41, 5.74) is 6.42. The zero-order valence-electron chi connectivity index (χ0n) is 10.3. The van der Waals surface area contributed by atoms with Crippen LogP contribution >= 0.6 is 27.3 Å². The molecule has 9 heteroatoms. The van der Waals surface area contributed by atoms with Gasteiger partial charge in [0.05, 0.1) is 14.9 Å². The highest BCUT2D eigenvalue weighted by Crippen LogP contribution is 2.29. The Balaban J connectivity index is 2.19. The molecule has 2 aromatic heterocycles. The van der Waals surface area contributed by atoms with E-state index in [1.165, 1.54) is 16.0 Å². The van der Waals surface area contributed by atoms with Crippen molar-refractivity contribution in [1.82, 2.24) is 14.5 Å². The number of rotatable bonds is 4. The molecule has 0 aliphatic carbocycles. The Morgan fingerprint density at radius 1 is 1.58 bits per heavy atom. The van der Waals surface area contributed by atoms with Gasteiger partial charge in [0, 0.05) is 24.0 Å². The van der Waals surface area contributed by atoms with E-state index in [4.69, 9.17) is 5.73 Å². The third-order valence-electron chi connectivity index (χ3n) is 2.65. The van der Waals surface area contributed by atoms with Gasteiger partial charge in [0.25, 0.3) is 0 Å². The molecule has 0 amide bonds. The Kier molecular flexibility index (Phi) is 4.00. The Labute approximate surface area is 123 Å². The number of aromatic nitrogens is 2. The van der Waals surface area contributed by atoms with Gasteiger partial charge in [-0.1, -0.05) is 0 Å². The SMILES string of the molecule is Cc1sc(Br)cc1S(=O)(=O)NCc1cnn(C)c1N. The van der Waals surface area contributed by atoms with Crippen molar-refractivity contribution in [2.45, 2.75) is 18.4 Å². The van der Waals surface area contributed by atoms with Gasteiger partial charge < -0.3 is 5.73 Å². The fourth-order valence-electron chi connectivity index (χ4n) is 1.58. The predicted octanol–water partition coefficient (Wildman–Crippen LogP) is 1.61. The minimum absolute atomic E-state index is 0.120. The summed E-state index contributed by atoms with van der Waals surface area (Å²) in [6.45, 7) is 1.89. The van der Waals surface area contributed by atoms with E-state index in [0.717, 1.165) is 8.66 Å². The Hall–Kier alpha value is -0.900. The predicted molar refractivity (Wildman–Crippen MR) is 78.4 cm³/mol. The maximum absolute atomic E-state index is 12.2. The van der Waals surface area contributed by atoms with Gasteiger partial charge in [0.1, 0.15) is 5.82 Å². The average Bonchev–Trinajstić information content (AvgIpc) is 2.82. The summed E-state index contributed by atoms with van der Waals surface area (Å²) in [7, 11) is -1.84. The number of aryl methyl sites for hydroxylation is 2. The third kappa shape index (κ3) is 2.99. The zero-order valence-corrected chi connectivity index (χ0v) is 13.6. The first-order valence-electron chi connectivity index (χ1n) is 5.33. The number of thiophene rings is 1. The van der Waals surface area contributed by atoms with Gasteiger partial charge in [-0.3, -0.25) is 4.68 Å².